The van der Waals surface area contributed by atoms with Crippen molar-refractivity contribution in [1.29, 1.82) is 0 Å². The molecule has 3 aromatic rings. The van der Waals surface area contributed by atoms with Crippen LogP contribution in [0.25, 0.3) is 11.3 Å². The summed E-state index contributed by atoms with van der Waals surface area (Å²) in [5, 5.41) is 13.1. The minimum atomic E-state index is -0.361. The largest absolute Gasteiger partial charge is 0.314 e. The first-order valence-corrected chi connectivity index (χ1v) is 11.5. The molecule has 1 atom stereocenters. The van der Waals surface area contributed by atoms with E-state index < -0.39 is 0 Å². The number of aromatic nitrogens is 1. The van der Waals surface area contributed by atoms with Crippen LogP contribution >= 0.6 is 11.3 Å². The van der Waals surface area contributed by atoms with E-state index >= 15 is 0 Å². The van der Waals surface area contributed by atoms with E-state index in [4.69, 9.17) is 4.99 Å². The van der Waals surface area contributed by atoms with E-state index in [0.717, 1.165) is 47.4 Å². The number of nitro groups is 1. The van der Waals surface area contributed by atoms with Crippen LogP contribution in [-0.2, 0) is 12.8 Å². The minimum absolute atomic E-state index is 0.108. The Labute approximate surface area is 181 Å². The summed E-state index contributed by atoms with van der Waals surface area (Å²) in [6, 6.07) is 13.5. The average Bonchev–Trinajstić information content (AvgIpc) is 3.17. The number of rotatable bonds is 8. The zero-order chi connectivity index (χ0) is 21.7. The summed E-state index contributed by atoms with van der Waals surface area (Å²) >= 11 is 1.63. The topological polar surface area (TPSA) is 60.4 Å². The summed E-state index contributed by atoms with van der Waals surface area (Å²) in [7, 11) is 0. The van der Waals surface area contributed by atoms with Crippen LogP contribution < -0.4 is 4.80 Å². The highest BCUT2D eigenvalue weighted by atomic mass is 32.1. The van der Waals surface area contributed by atoms with Crippen molar-refractivity contribution in [3.63, 3.8) is 0 Å². The maximum atomic E-state index is 11.0. The molecule has 0 N–H and O–H groups in total. The molecule has 6 heteroatoms. The van der Waals surface area contributed by atoms with Crippen LogP contribution in [0.5, 0.6) is 0 Å². The molecule has 2 aromatic carbocycles. The molecule has 0 fully saturated rings. The molecule has 1 unspecified atom stereocenters. The Morgan fingerprint density at radius 1 is 1.07 bits per heavy atom. The zero-order valence-corrected chi connectivity index (χ0v) is 18.9. The lowest BCUT2D eigenvalue weighted by atomic mass is 10.0. The predicted octanol–water partition coefficient (Wildman–Crippen LogP) is 6.84. The zero-order valence-electron chi connectivity index (χ0n) is 18.1. The Kier molecular flexibility index (Phi) is 7.21. The second kappa shape index (κ2) is 9.85. The lowest BCUT2D eigenvalue weighted by molar-refractivity contribution is -0.384. The maximum Gasteiger partial charge on any atom is 0.269 e. The molecule has 158 valence electrons. The van der Waals surface area contributed by atoms with Crippen molar-refractivity contribution >= 4 is 22.7 Å². The molecule has 0 aliphatic rings. The fourth-order valence-electron chi connectivity index (χ4n) is 3.79. The molecule has 0 bridgehead atoms. The van der Waals surface area contributed by atoms with Gasteiger partial charge in [0.25, 0.3) is 5.69 Å². The lowest BCUT2D eigenvalue weighted by Gasteiger charge is -2.17. The maximum absolute atomic E-state index is 11.0. The fraction of sp³-hybridized carbons (Fsp3) is 0.375. The van der Waals surface area contributed by atoms with Crippen molar-refractivity contribution in [2.75, 3.05) is 0 Å². The van der Waals surface area contributed by atoms with Crippen molar-refractivity contribution in [1.82, 2.24) is 4.57 Å². The molecule has 0 saturated heterocycles. The van der Waals surface area contributed by atoms with Crippen LogP contribution in [0, 0.1) is 10.1 Å². The number of para-hydroxylation sites is 1. The predicted molar refractivity (Wildman–Crippen MR) is 124 cm³/mol. The lowest BCUT2D eigenvalue weighted by Crippen LogP contribution is -2.20. The van der Waals surface area contributed by atoms with Gasteiger partial charge in [-0.3, -0.25) is 10.1 Å². The van der Waals surface area contributed by atoms with Crippen LogP contribution in [0.1, 0.15) is 57.7 Å². The number of aryl methyl sites for hydroxylation is 2. The molecule has 30 heavy (non-hydrogen) atoms. The first-order valence-electron chi connectivity index (χ1n) is 10.6. The highest BCUT2D eigenvalue weighted by Crippen LogP contribution is 2.29. The van der Waals surface area contributed by atoms with E-state index in [-0.39, 0.29) is 16.7 Å². The van der Waals surface area contributed by atoms with E-state index in [0.29, 0.717) is 0 Å². The Hall–Kier alpha value is -2.73. The van der Waals surface area contributed by atoms with Crippen LogP contribution in [0.2, 0.25) is 0 Å². The summed E-state index contributed by atoms with van der Waals surface area (Å²) < 4.78 is 2.29. The van der Waals surface area contributed by atoms with Gasteiger partial charge in [-0.1, -0.05) is 45.4 Å². The van der Waals surface area contributed by atoms with Crippen LogP contribution in [0.3, 0.4) is 0 Å². The Balaban J connectivity index is 2.20. The summed E-state index contributed by atoms with van der Waals surface area (Å²) in [6.45, 7) is 8.74. The first kappa shape index (κ1) is 22.0. The van der Waals surface area contributed by atoms with E-state index in [1.165, 1.54) is 11.1 Å². The van der Waals surface area contributed by atoms with Crippen molar-refractivity contribution in [3.05, 3.63) is 73.9 Å². The summed E-state index contributed by atoms with van der Waals surface area (Å²) in [5.74, 6) is 0. The minimum Gasteiger partial charge on any atom is -0.314 e. The first-order chi connectivity index (χ1) is 14.5. The molecule has 5 nitrogen and oxygen atoms in total. The van der Waals surface area contributed by atoms with Crippen LogP contribution in [-0.4, -0.2) is 9.49 Å². The second-order valence-corrected chi connectivity index (χ2v) is 8.30. The standard InChI is InChI=1S/C24H29N3O2S/c1-5-9-17(4)26-22(20-12-14-21(15-13-20)27(28)29)16-30-24(26)25-23-18(6-2)10-8-11-19(23)7-3/h8,10-17H,5-7,9H2,1-4H3. The van der Waals surface area contributed by atoms with Gasteiger partial charge in [0.2, 0.25) is 0 Å². The second-order valence-electron chi connectivity index (χ2n) is 7.46. The highest BCUT2D eigenvalue weighted by Gasteiger charge is 2.16. The third-order valence-corrected chi connectivity index (χ3v) is 6.28. The number of thiazole rings is 1. The van der Waals surface area contributed by atoms with Gasteiger partial charge >= 0.3 is 0 Å². The molecule has 0 aliphatic carbocycles. The molecular formula is C24H29N3O2S. The van der Waals surface area contributed by atoms with Gasteiger partial charge in [-0.2, -0.15) is 0 Å². The smallest absolute Gasteiger partial charge is 0.269 e. The molecular weight excluding hydrogens is 394 g/mol. The van der Waals surface area contributed by atoms with Crippen molar-refractivity contribution in [3.8, 4) is 11.3 Å². The number of benzene rings is 2. The van der Waals surface area contributed by atoms with E-state index in [9.17, 15) is 10.1 Å². The monoisotopic (exact) mass is 423 g/mol. The number of nitro benzene ring substituents is 1. The number of hydrogen-bond acceptors (Lipinski definition) is 4. The number of non-ortho nitro benzene ring substituents is 1. The third-order valence-electron chi connectivity index (χ3n) is 5.44. The molecule has 0 radical (unpaired) electrons. The third kappa shape index (κ3) is 4.54. The van der Waals surface area contributed by atoms with Crippen molar-refractivity contribution in [2.45, 2.75) is 59.4 Å². The number of hydrogen-bond donors (Lipinski definition) is 0. The Bertz CT molecular complexity index is 1060. The quantitative estimate of drug-likeness (QED) is 0.294. The molecule has 0 saturated carbocycles. The molecule has 1 aromatic heterocycles. The van der Waals surface area contributed by atoms with Crippen LogP contribution in [0.15, 0.2) is 52.8 Å². The van der Waals surface area contributed by atoms with Crippen molar-refractivity contribution in [2.24, 2.45) is 4.99 Å². The van der Waals surface area contributed by atoms with Gasteiger partial charge in [0.05, 0.1) is 16.3 Å². The molecule has 1 heterocycles. The van der Waals surface area contributed by atoms with E-state index in [2.05, 4.69) is 55.8 Å². The highest BCUT2D eigenvalue weighted by molar-refractivity contribution is 7.07. The molecule has 0 spiro atoms. The van der Waals surface area contributed by atoms with E-state index in [1.54, 1.807) is 23.5 Å². The SMILES string of the molecule is CCCC(C)n1c(-c2ccc([N+](=O)[O-])cc2)csc1=Nc1c(CC)cccc1CC. The fourth-order valence-corrected chi connectivity index (χ4v) is 4.80. The van der Waals surface area contributed by atoms with Gasteiger partial charge in [0, 0.05) is 23.6 Å². The van der Waals surface area contributed by atoms with Gasteiger partial charge in [-0.15, -0.1) is 11.3 Å². The molecule has 0 aliphatic heterocycles. The van der Waals surface area contributed by atoms with Gasteiger partial charge in [-0.05, 0) is 55.0 Å². The summed E-state index contributed by atoms with van der Waals surface area (Å²) in [5.41, 5.74) is 5.74. The van der Waals surface area contributed by atoms with Gasteiger partial charge in [0.1, 0.15) is 0 Å². The summed E-state index contributed by atoms with van der Waals surface area (Å²) in [6.07, 6.45) is 4.00. The van der Waals surface area contributed by atoms with Gasteiger partial charge in [-0.25, -0.2) is 4.99 Å². The molecule has 0 amide bonds. The summed E-state index contributed by atoms with van der Waals surface area (Å²) in [4.78, 5) is 16.8. The molecule has 3 rings (SSSR count). The van der Waals surface area contributed by atoms with Crippen LogP contribution in [0.4, 0.5) is 11.4 Å². The van der Waals surface area contributed by atoms with Crippen molar-refractivity contribution < 1.29 is 4.92 Å². The number of nitrogens with zero attached hydrogens (tertiary/aromatic N) is 3. The van der Waals surface area contributed by atoms with Gasteiger partial charge in [0.15, 0.2) is 4.80 Å². The Morgan fingerprint density at radius 2 is 1.70 bits per heavy atom. The van der Waals surface area contributed by atoms with E-state index in [1.807, 2.05) is 12.1 Å². The van der Waals surface area contributed by atoms with Gasteiger partial charge < -0.3 is 4.57 Å². The average molecular weight is 424 g/mol. The normalized spacial score (nSPS) is 12.9. The Morgan fingerprint density at radius 3 is 2.23 bits per heavy atom.